The number of nitrogens with zero attached hydrogens (tertiary/aromatic N) is 3. The van der Waals surface area contributed by atoms with Gasteiger partial charge in [0.05, 0.1) is 44.3 Å². The van der Waals surface area contributed by atoms with Crippen molar-refractivity contribution in [3.05, 3.63) is 24.0 Å². The van der Waals surface area contributed by atoms with E-state index in [9.17, 15) is 0 Å². The lowest BCUT2D eigenvalue weighted by Crippen LogP contribution is -2.44. The van der Waals surface area contributed by atoms with Gasteiger partial charge in [0.1, 0.15) is 17.1 Å². The first-order valence-electron chi connectivity index (χ1n) is 7.37. The zero-order chi connectivity index (χ0) is 14.7. The van der Waals surface area contributed by atoms with Crippen LogP contribution in [0.5, 0.6) is 5.75 Å². The molecule has 1 aromatic heterocycles. The van der Waals surface area contributed by atoms with Crippen LogP contribution in [0.25, 0.3) is 11.0 Å². The molecular formula is C15H20ClN3O2. The molecule has 0 atom stereocenters. The van der Waals surface area contributed by atoms with Gasteiger partial charge in [0, 0.05) is 0 Å². The predicted octanol–water partition coefficient (Wildman–Crippen LogP) is 2.53. The Morgan fingerprint density at radius 1 is 1.33 bits per heavy atom. The number of morpholine rings is 1. The molecule has 0 radical (unpaired) electrons. The van der Waals surface area contributed by atoms with E-state index in [2.05, 4.69) is 27.7 Å². The van der Waals surface area contributed by atoms with Gasteiger partial charge in [0.15, 0.2) is 0 Å². The minimum atomic E-state index is 0.374. The Labute approximate surface area is 129 Å². The zero-order valence-corrected chi connectivity index (χ0v) is 13.0. The maximum absolute atomic E-state index is 6.10. The van der Waals surface area contributed by atoms with Gasteiger partial charge in [0.25, 0.3) is 0 Å². The summed E-state index contributed by atoms with van der Waals surface area (Å²) in [5.74, 6) is 2.05. The molecule has 5 nitrogen and oxygen atoms in total. The van der Waals surface area contributed by atoms with Gasteiger partial charge < -0.3 is 14.5 Å². The quantitative estimate of drug-likeness (QED) is 0.796. The van der Waals surface area contributed by atoms with Gasteiger partial charge >= 0.3 is 0 Å². The van der Waals surface area contributed by atoms with Crippen molar-refractivity contribution in [2.45, 2.75) is 19.2 Å². The second-order valence-corrected chi connectivity index (χ2v) is 5.28. The van der Waals surface area contributed by atoms with Crippen molar-refractivity contribution in [1.82, 2.24) is 9.66 Å². The Kier molecular flexibility index (Phi) is 4.51. The van der Waals surface area contributed by atoms with Crippen LogP contribution in [0.4, 0.5) is 0 Å². The van der Waals surface area contributed by atoms with E-state index in [1.54, 1.807) is 0 Å². The molecule has 21 heavy (non-hydrogen) atoms. The number of halogens is 1. The van der Waals surface area contributed by atoms with E-state index >= 15 is 0 Å². The summed E-state index contributed by atoms with van der Waals surface area (Å²) in [6, 6.07) is 6.03. The highest BCUT2D eigenvalue weighted by molar-refractivity contribution is 6.16. The normalized spacial score (nSPS) is 15.6. The summed E-state index contributed by atoms with van der Waals surface area (Å²) in [6.07, 6.45) is 0.975. The van der Waals surface area contributed by atoms with Crippen LogP contribution < -0.4 is 9.75 Å². The van der Waals surface area contributed by atoms with Crippen LogP contribution in [0.1, 0.15) is 19.2 Å². The third-order valence-electron chi connectivity index (χ3n) is 3.54. The molecule has 0 aliphatic carbocycles. The van der Waals surface area contributed by atoms with Crippen molar-refractivity contribution in [1.29, 1.82) is 0 Å². The molecule has 114 valence electrons. The van der Waals surface area contributed by atoms with Crippen LogP contribution in [0.2, 0.25) is 0 Å². The van der Waals surface area contributed by atoms with Crippen molar-refractivity contribution >= 4 is 22.6 Å². The fourth-order valence-electron chi connectivity index (χ4n) is 2.59. The highest BCUT2D eigenvalue weighted by Crippen LogP contribution is 2.27. The van der Waals surface area contributed by atoms with Crippen LogP contribution >= 0.6 is 11.6 Å². The zero-order valence-electron chi connectivity index (χ0n) is 12.2. The average Bonchev–Trinajstić information content (AvgIpc) is 2.92. The molecule has 1 saturated heterocycles. The summed E-state index contributed by atoms with van der Waals surface area (Å²) >= 11 is 6.10. The van der Waals surface area contributed by atoms with Crippen LogP contribution in [-0.2, 0) is 10.6 Å². The topological polar surface area (TPSA) is 39.5 Å². The van der Waals surface area contributed by atoms with Gasteiger partial charge in [-0.15, -0.1) is 11.6 Å². The maximum atomic E-state index is 6.10. The van der Waals surface area contributed by atoms with Gasteiger partial charge in [-0.25, -0.2) is 9.66 Å². The summed E-state index contributed by atoms with van der Waals surface area (Å²) in [4.78, 5) is 4.68. The largest absolute Gasteiger partial charge is 0.491 e. The Bertz CT molecular complexity index is 608. The van der Waals surface area contributed by atoms with E-state index in [4.69, 9.17) is 21.1 Å². The van der Waals surface area contributed by atoms with Crippen molar-refractivity contribution in [3.63, 3.8) is 0 Å². The molecule has 1 aliphatic rings. The molecule has 3 rings (SSSR count). The number of imidazole rings is 1. The first-order valence-corrected chi connectivity index (χ1v) is 7.90. The van der Waals surface area contributed by atoms with E-state index in [-0.39, 0.29) is 0 Å². The minimum Gasteiger partial charge on any atom is -0.491 e. The standard InChI is InChI=1S/C15H20ClN3O2/c1-2-8-21-13-5-3-4-12-15(13)17-14(11-16)19(12)18-6-9-20-10-7-18/h3-5H,2,6-11H2,1H3. The number of alkyl halides is 1. The molecule has 1 aliphatic heterocycles. The Balaban J connectivity index is 2.05. The van der Waals surface area contributed by atoms with E-state index < -0.39 is 0 Å². The monoisotopic (exact) mass is 309 g/mol. The second-order valence-electron chi connectivity index (χ2n) is 5.01. The predicted molar refractivity (Wildman–Crippen MR) is 83.8 cm³/mol. The Morgan fingerprint density at radius 2 is 2.14 bits per heavy atom. The fraction of sp³-hybridized carbons (Fsp3) is 0.533. The Morgan fingerprint density at radius 3 is 2.86 bits per heavy atom. The molecule has 0 N–H and O–H groups in total. The van der Waals surface area contributed by atoms with Crippen molar-refractivity contribution in [2.24, 2.45) is 0 Å². The van der Waals surface area contributed by atoms with Gasteiger partial charge in [-0.3, -0.25) is 0 Å². The lowest BCUT2D eigenvalue weighted by Gasteiger charge is -2.31. The molecule has 2 aromatic rings. The van der Waals surface area contributed by atoms with Crippen molar-refractivity contribution < 1.29 is 9.47 Å². The Hall–Kier alpha value is -1.46. The minimum absolute atomic E-state index is 0.374. The summed E-state index contributed by atoms with van der Waals surface area (Å²) in [5.41, 5.74) is 1.93. The molecule has 0 unspecified atom stereocenters. The number of rotatable bonds is 5. The summed E-state index contributed by atoms with van der Waals surface area (Å²) in [7, 11) is 0. The van der Waals surface area contributed by atoms with Crippen molar-refractivity contribution in [2.75, 3.05) is 37.9 Å². The smallest absolute Gasteiger partial charge is 0.147 e. The SMILES string of the molecule is CCCOc1cccc2c1nc(CCl)n2N1CCOCC1. The number of aromatic nitrogens is 2. The van der Waals surface area contributed by atoms with E-state index in [0.717, 1.165) is 55.3 Å². The molecule has 1 fully saturated rings. The molecule has 2 heterocycles. The summed E-state index contributed by atoms with van der Waals surface area (Å²) < 4.78 is 13.3. The fourth-order valence-corrected chi connectivity index (χ4v) is 2.77. The number of ether oxygens (including phenoxy) is 2. The number of para-hydroxylation sites is 1. The van der Waals surface area contributed by atoms with Gasteiger partial charge in [-0.1, -0.05) is 13.0 Å². The second kappa shape index (κ2) is 6.54. The average molecular weight is 310 g/mol. The molecule has 0 amide bonds. The third-order valence-corrected chi connectivity index (χ3v) is 3.78. The van der Waals surface area contributed by atoms with Crippen LogP contribution in [0, 0.1) is 0 Å². The first-order chi connectivity index (χ1) is 10.3. The van der Waals surface area contributed by atoms with Crippen LogP contribution in [-0.4, -0.2) is 42.6 Å². The van der Waals surface area contributed by atoms with Crippen LogP contribution in [0.3, 0.4) is 0 Å². The molecular weight excluding hydrogens is 290 g/mol. The van der Waals surface area contributed by atoms with E-state index in [1.807, 2.05) is 12.1 Å². The van der Waals surface area contributed by atoms with Crippen LogP contribution in [0.15, 0.2) is 18.2 Å². The van der Waals surface area contributed by atoms with E-state index in [1.165, 1.54) is 0 Å². The summed E-state index contributed by atoms with van der Waals surface area (Å²) in [5, 5.41) is 2.24. The first kappa shape index (κ1) is 14.5. The number of hydrogen-bond donors (Lipinski definition) is 0. The van der Waals surface area contributed by atoms with Crippen molar-refractivity contribution in [3.8, 4) is 5.75 Å². The molecule has 0 saturated carbocycles. The van der Waals surface area contributed by atoms with Gasteiger partial charge in [-0.2, -0.15) is 0 Å². The maximum Gasteiger partial charge on any atom is 0.147 e. The highest BCUT2D eigenvalue weighted by Gasteiger charge is 2.20. The number of fused-ring (bicyclic) bond motifs is 1. The third kappa shape index (κ3) is 2.80. The molecule has 0 bridgehead atoms. The van der Waals surface area contributed by atoms with E-state index in [0.29, 0.717) is 12.5 Å². The van der Waals surface area contributed by atoms with Gasteiger partial charge in [0.2, 0.25) is 0 Å². The lowest BCUT2D eigenvalue weighted by molar-refractivity contribution is 0.111. The molecule has 0 spiro atoms. The molecule has 1 aromatic carbocycles. The summed E-state index contributed by atoms with van der Waals surface area (Å²) in [6.45, 7) is 5.93. The highest BCUT2D eigenvalue weighted by atomic mass is 35.5. The lowest BCUT2D eigenvalue weighted by atomic mass is 10.3. The van der Waals surface area contributed by atoms with Gasteiger partial charge in [-0.05, 0) is 18.6 Å². The number of hydrogen-bond acceptors (Lipinski definition) is 4. The number of benzene rings is 1. The molecule has 6 heteroatoms.